The normalized spacial score (nSPS) is 9.33. The second-order valence-corrected chi connectivity index (χ2v) is 2.20. The summed E-state index contributed by atoms with van der Waals surface area (Å²) in [7, 11) is 0. The Bertz CT molecular complexity index is 301. The van der Waals surface area contributed by atoms with Gasteiger partial charge in [0.15, 0.2) is 0 Å². The van der Waals surface area contributed by atoms with Crippen LogP contribution >= 0.6 is 0 Å². The fourth-order valence-electron chi connectivity index (χ4n) is 0.849. The van der Waals surface area contributed by atoms with Crippen LogP contribution < -0.4 is 11.5 Å². The number of primary amides is 2. The van der Waals surface area contributed by atoms with Crippen LogP contribution in [0.3, 0.4) is 0 Å². The molecule has 4 N–H and O–H groups in total. The molecule has 2 amide bonds. The van der Waals surface area contributed by atoms with Gasteiger partial charge in [0.05, 0.1) is 11.1 Å². The first-order chi connectivity index (χ1) is 5.63. The fraction of sp³-hybridized carbons (Fsp3) is 0. The maximum absolute atomic E-state index is 10.7. The van der Waals surface area contributed by atoms with Crippen molar-refractivity contribution in [1.82, 2.24) is 0 Å². The van der Waals surface area contributed by atoms with Crippen molar-refractivity contribution >= 4 is 11.8 Å². The summed E-state index contributed by atoms with van der Waals surface area (Å²) in [5, 5.41) is 0. The van der Waals surface area contributed by atoms with Crippen molar-refractivity contribution in [2.24, 2.45) is 11.5 Å². The zero-order valence-electron chi connectivity index (χ0n) is 6.20. The van der Waals surface area contributed by atoms with Crippen molar-refractivity contribution in [2.45, 2.75) is 0 Å². The van der Waals surface area contributed by atoms with Gasteiger partial charge in [-0.3, -0.25) is 9.59 Å². The van der Waals surface area contributed by atoms with Crippen molar-refractivity contribution in [2.75, 3.05) is 0 Å². The zero-order chi connectivity index (χ0) is 9.14. The molecule has 0 fully saturated rings. The monoisotopic (exact) mass is 163 g/mol. The molecule has 0 atom stereocenters. The first-order valence-electron chi connectivity index (χ1n) is 3.22. The minimum Gasteiger partial charge on any atom is -0.366 e. The third kappa shape index (κ3) is 1.42. The molecule has 0 saturated heterocycles. The number of benzene rings is 1. The van der Waals surface area contributed by atoms with Gasteiger partial charge in [-0.05, 0) is 18.2 Å². The molecule has 1 aromatic rings. The van der Waals surface area contributed by atoms with E-state index in [-0.39, 0.29) is 11.1 Å². The van der Waals surface area contributed by atoms with Crippen molar-refractivity contribution < 1.29 is 9.59 Å². The SMILES string of the molecule is NC(=O)c1c[c]ccc1C(N)=O. The molecule has 0 aliphatic heterocycles. The van der Waals surface area contributed by atoms with Gasteiger partial charge in [-0.1, -0.05) is 6.07 Å². The Morgan fingerprint density at radius 3 is 2.17 bits per heavy atom. The van der Waals surface area contributed by atoms with E-state index >= 15 is 0 Å². The minimum absolute atomic E-state index is 0.102. The highest BCUT2D eigenvalue weighted by molar-refractivity contribution is 6.05. The molecule has 1 aromatic carbocycles. The molecule has 1 radical (unpaired) electrons. The molecule has 0 spiro atoms. The highest BCUT2D eigenvalue weighted by Crippen LogP contribution is 2.05. The van der Waals surface area contributed by atoms with E-state index in [1.807, 2.05) is 0 Å². The molecule has 12 heavy (non-hydrogen) atoms. The van der Waals surface area contributed by atoms with Gasteiger partial charge in [-0.25, -0.2) is 0 Å². The molecule has 0 saturated carbocycles. The molecular weight excluding hydrogens is 156 g/mol. The lowest BCUT2D eigenvalue weighted by atomic mass is 10.1. The van der Waals surface area contributed by atoms with E-state index in [0.29, 0.717) is 0 Å². The molecule has 4 nitrogen and oxygen atoms in total. The summed E-state index contributed by atoms with van der Waals surface area (Å²) in [6, 6.07) is 6.86. The van der Waals surface area contributed by atoms with Crippen molar-refractivity contribution in [1.29, 1.82) is 0 Å². The topological polar surface area (TPSA) is 86.2 Å². The number of hydrogen-bond acceptors (Lipinski definition) is 2. The van der Waals surface area contributed by atoms with Crippen LogP contribution in [0.5, 0.6) is 0 Å². The Morgan fingerprint density at radius 1 is 1.17 bits per heavy atom. The van der Waals surface area contributed by atoms with Crippen molar-refractivity contribution in [3.05, 3.63) is 35.4 Å². The smallest absolute Gasteiger partial charge is 0.249 e. The van der Waals surface area contributed by atoms with E-state index in [2.05, 4.69) is 6.07 Å². The number of nitrogens with two attached hydrogens (primary N) is 2. The van der Waals surface area contributed by atoms with E-state index in [1.165, 1.54) is 18.2 Å². The molecule has 1 rings (SSSR count). The van der Waals surface area contributed by atoms with Gasteiger partial charge >= 0.3 is 0 Å². The lowest BCUT2D eigenvalue weighted by Crippen LogP contribution is -2.20. The van der Waals surface area contributed by atoms with Gasteiger partial charge in [0.1, 0.15) is 0 Å². The number of hydrogen-bond donors (Lipinski definition) is 2. The Balaban J connectivity index is 3.27. The Morgan fingerprint density at radius 2 is 1.75 bits per heavy atom. The third-order valence-corrected chi connectivity index (χ3v) is 1.39. The van der Waals surface area contributed by atoms with Gasteiger partial charge in [-0.2, -0.15) is 0 Å². The molecule has 4 heteroatoms. The van der Waals surface area contributed by atoms with Crippen molar-refractivity contribution in [3.8, 4) is 0 Å². The van der Waals surface area contributed by atoms with E-state index in [0.717, 1.165) is 0 Å². The highest BCUT2D eigenvalue weighted by Gasteiger charge is 2.10. The Kier molecular flexibility index (Phi) is 2.09. The molecule has 0 aliphatic carbocycles. The number of carbonyl (C=O) groups is 2. The Hall–Kier alpha value is -1.84. The summed E-state index contributed by atoms with van der Waals surface area (Å²) in [5.41, 5.74) is 10.2. The summed E-state index contributed by atoms with van der Waals surface area (Å²) in [4.78, 5) is 21.4. The number of carbonyl (C=O) groups excluding carboxylic acids is 2. The second-order valence-electron chi connectivity index (χ2n) is 2.20. The Labute approximate surface area is 69.2 Å². The third-order valence-electron chi connectivity index (χ3n) is 1.39. The van der Waals surface area contributed by atoms with Gasteiger partial charge in [0.25, 0.3) is 0 Å². The molecule has 0 heterocycles. The molecule has 0 aliphatic rings. The highest BCUT2D eigenvalue weighted by atomic mass is 16.2. The van der Waals surface area contributed by atoms with Crippen LogP contribution in [0.1, 0.15) is 20.7 Å². The summed E-state index contributed by atoms with van der Waals surface area (Å²) in [5.74, 6) is -1.35. The van der Waals surface area contributed by atoms with Gasteiger partial charge in [0, 0.05) is 0 Å². The summed E-state index contributed by atoms with van der Waals surface area (Å²) in [6.45, 7) is 0. The maximum Gasteiger partial charge on any atom is 0.249 e. The van der Waals surface area contributed by atoms with Crippen LogP contribution in [0.4, 0.5) is 0 Å². The molecule has 0 bridgehead atoms. The van der Waals surface area contributed by atoms with Crippen LogP contribution in [0.2, 0.25) is 0 Å². The first kappa shape index (κ1) is 8.26. The summed E-state index contributed by atoms with van der Waals surface area (Å²) < 4.78 is 0. The zero-order valence-corrected chi connectivity index (χ0v) is 6.20. The van der Waals surface area contributed by atoms with Crippen LogP contribution in [0.25, 0.3) is 0 Å². The fourth-order valence-corrected chi connectivity index (χ4v) is 0.849. The average molecular weight is 163 g/mol. The van der Waals surface area contributed by atoms with E-state index in [9.17, 15) is 9.59 Å². The van der Waals surface area contributed by atoms with Gasteiger partial charge < -0.3 is 11.5 Å². The average Bonchev–Trinajstić information content (AvgIpc) is 2.04. The second kappa shape index (κ2) is 3.04. The molecule has 0 aromatic heterocycles. The maximum atomic E-state index is 10.7. The minimum atomic E-state index is -0.680. The largest absolute Gasteiger partial charge is 0.366 e. The lowest BCUT2D eigenvalue weighted by molar-refractivity contribution is 0.0967. The van der Waals surface area contributed by atoms with E-state index in [1.54, 1.807) is 0 Å². The van der Waals surface area contributed by atoms with E-state index < -0.39 is 11.8 Å². The molecule has 0 unspecified atom stereocenters. The van der Waals surface area contributed by atoms with Gasteiger partial charge in [-0.15, -0.1) is 0 Å². The molecular formula is C8H7N2O2. The molecule has 61 valence electrons. The summed E-state index contributed by atoms with van der Waals surface area (Å²) >= 11 is 0. The van der Waals surface area contributed by atoms with Crippen LogP contribution in [0, 0.1) is 6.07 Å². The number of rotatable bonds is 2. The summed E-state index contributed by atoms with van der Waals surface area (Å²) in [6.07, 6.45) is 0. The number of amides is 2. The first-order valence-corrected chi connectivity index (χ1v) is 3.22. The predicted octanol–water partition coefficient (Wildman–Crippen LogP) is -0.315. The van der Waals surface area contributed by atoms with E-state index in [4.69, 9.17) is 11.5 Å². The predicted molar refractivity (Wildman–Crippen MR) is 42.3 cm³/mol. The standard InChI is InChI=1S/C8H7N2O2/c9-7(11)5-3-1-2-4-6(5)8(10)12/h1,3-4H,(H2,9,11)(H2,10,12). The lowest BCUT2D eigenvalue weighted by Gasteiger charge is -1.99. The quantitative estimate of drug-likeness (QED) is 0.626. The van der Waals surface area contributed by atoms with Crippen LogP contribution in [-0.2, 0) is 0 Å². The van der Waals surface area contributed by atoms with Crippen LogP contribution in [-0.4, -0.2) is 11.8 Å². The van der Waals surface area contributed by atoms with Gasteiger partial charge in [0.2, 0.25) is 11.8 Å². The van der Waals surface area contributed by atoms with Crippen LogP contribution in [0.15, 0.2) is 18.2 Å². The van der Waals surface area contributed by atoms with Crippen molar-refractivity contribution in [3.63, 3.8) is 0 Å².